The van der Waals surface area contributed by atoms with Crippen LogP contribution in [0, 0.1) is 12.8 Å². The molecule has 2 rings (SSSR count). The molecule has 3 heteroatoms. The number of likely N-dealkylation sites (tertiary alicyclic amines) is 1. The molecule has 0 aliphatic carbocycles. The van der Waals surface area contributed by atoms with Crippen LogP contribution in [-0.4, -0.2) is 30.9 Å². The van der Waals surface area contributed by atoms with Gasteiger partial charge in [0.25, 0.3) is 0 Å². The van der Waals surface area contributed by atoms with Crippen molar-refractivity contribution < 1.29 is 4.79 Å². The van der Waals surface area contributed by atoms with Gasteiger partial charge in [0.05, 0.1) is 5.92 Å². The van der Waals surface area contributed by atoms with Gasteiger partial charge in [0.2, 0.25) is 5.91 Å². The van der Waals surface area contributed by atoms with E-state index in [1.807, 2.05) is 6.07 Å². The average Bonchev–Trinajstić information content (AvgIpc) is 2.36. The van der Waals surface area contributed by atoms with E-state index < -0.39 is 0 Å². The second kappa shape index (κ2) is 6.01. The second-order valence-electron chi connectivity index (χ2n) is 5.31. The quantitative estimate of drug-likeness (QED) is 0.884. The monoisotopic (exact) mass is 246 g/mol. The van der Waals surface area contributed by atoms with Crippen molar-refractivity contribution in [3.05, 3.63) is 35.4 Å². The van der Waals surface area contributed by atoms with Crippen LogP contribution in [0.1, 0.15) is 24.0 Å². The van der Waals surface area contributed by atoms with E-state index in [0.717, 1.165) is 25.9 Å². The van der Waals surface area contributed by atoms with Crippen molar-refractivity contribution >= 4 is 5.91 Å². The number of carbonyl (C=O) groups is 1. The summed E-state index contributed by atoms with van der Waals surface area (Å²) in [5, 5.41) is 3.05. The van der Waals surface area contributed by atoms with Crippen molar-refractivity contribution in [1.29, 1.82) is 0 Å². The SMILES string of the molecule is Cc1cccc(CNC(=O)C2CCCN(C)C2)c1. The Morgan fingerprint density at radius 3 is 3.06 bits per heavy atom. The molecule has 18 heavy (non-hydrogen) atoms. The largest absolute Gasteiger partial charge is 0.352 e. The van der Waals surface area contributed by atoms with Crippen LogP contribution in [-0.2, 0) is 11.3 Å². The van der Waals surface area contributed by atoms with E-state index in [1.54, 1.807) is 0 Å². The number of nitrogens with zero attached hydrogens (tertiary/aromatic N) is 1. The Morgan fingerprint density at radius 1 is 1.50 bits per heavy atom. The number of hydrogen-bond acceptors (Lipinski definition) is 2. The molecule has 0 bridgehead atoms. The van der Waals surface area contributed by atoms with Gasteiger partial charge in [0.15, 0.2) is 0 Å². The molecule has 1 atom stereocenters. The maximum atomic E-state index is 12.1. The topological polar surface area (TPSA) is 32.3 Å². The number of rotatable bonds is 3. The van der Waals surface area contributed by atoms with Crippen LogP contribution in [0.4, 0.5) is 0 Å². The van der Waals surface area contributed by atoms with Crippen LogP contribution in [0.2, 0.25) is 0 Å². The molecular formula is C15H22N2O. The fraction of sp³-hybridized carbons (Fsp3) is 0.533. The highest BCUT2D eigenvalue weighted by molar-refractivity contribution is 5.78. The summed E-state index contributed by atoms with van der Waals surface area (Å²) in [7, 11) is 2.08. The molecule has 1 amide bonds. The fourth-order valence-electron chi connectivity index (χ4n) is 2.54. The van der Waals surface area contributed by atoms with Gasteiger partial charge in [-0.3, -0.25) is 4.79 Å². The van der Waals surface area contributed by atoms with Crippen LogP contribution in [0.25, 0.3) is 0 Å². The van der Waals surface area contributed by atoms with Crippen LogP contribution in [0.5, 0.6) is 0 Å². The molecule has 0 saturated carbocycles. The summed E-state index contributed by atoms with van der Waals surface area (Å²) in [5.74, 6) is 0.358. The van der Waals surface area contributed by atoms with E-state index in [1.165, 1.54) is 11.1 Å². The van der Waals surface area contributed by atoms with E-state index in [-0.39, 0.29) is 11.8 Å². The molecule has 1 aromatic rings. The molecule has 98 valence electrons. The Balaban J connectivity index is 1.84. The van der Waals surface area contributed by atoms with Gasteiger partial charge in [-0.25, -0.2) is 0 Å². The third-order valence-electron chi connectivity index (χ3n) is 3.54. The molecule has 1 heterocycles. The summed E-state index contributed by atoms with van der Waals surface area (Å²) in [6.45, 7) is 4.71. The molecule has 1 fully saturated rings. The van der Waals surface area contributed by atoms with Crippen molar-refractivity contribution in [2.75, 3.05) is 20.1 Å². The molecule has 3 nitrogen and oxygen atoms in total. The summed E-state index contributed by atoms with van der Waals surface area (Å²) in [6, 6.07) is 8.28. The summed E-state index contributed by atoms with van der Waals surface area (Å²) < 4.78 is 0. The van der Waals surface area contributed by atoms with Crippen LogP contribution < -0.4 is 5.32 Å². The van der Waals surface area contributed by atoms with Gasteiger partial charge in [-0.1, -0.05) is 29.8 Å². The summed E-state index contributed by atoms with van der Waals surface area (Å²) in [6.07, 6.45) is 2.14. The number of piperidine rings is 1. The number of nitrogens with one attached hydrogen (secondary N) is 1. The Morgan fingerprint density at radius 2 is 2.33 bits per heavy atom. The Kier molecular flexibility index (Phi) is 4.37. The Labute approximate surface area is 109 Å². The lowest BCUT2D eigenvalue weighted by Gasteiger charge is -2.28. The number of aryl methyl sites for hydroxylation is 1. The Hall–Kier alpha value is -1.35. The van der Waals surface area contributed by atoms with E-state index in [9.17, 15) is 4.79 Å². The summed E-state index contributed by atoms with van der Waals surface area (Å²) in [5.41, 5.74) is 2.41. The zero-order chi connectivity index (χ0) is 13.0. The van der Waals surface area contributed by atoms with Gasteiger partial charge in [0.1, 0.15) is 0 Å². The fourth-order valence-corrected chi connectivity index (χ4v) is 2.54. The van der Waals surface area contributed by atoms with Crippen molar-refractivity contribution in [1.82, 2.24) is 10.2 Å². The summed E-state index contributed by atoms with van der Waals surface area (Å²) in [4.78, 5) is 14.3. The van der Waals surface area contributed by atoms with E-state index in [0.29, 0.717) is 6.54 Å². The van der Waals surface area contributed by atoms with E-state index in [4.69, 9.17) is 0 Å². The van der Waals surface area contributed by atoms with Gasteiger partial charge in [-0.05, 0) is 38.9 Å². The van der Waals surface area contributed by atoms with E-state index >= 15 is 0 Å². The first-order valence-corrected chi connectivity index (χ1v) is 6.67. The van der Waals surface area contributed by atoms with Crippen LogP contribution >= 0.6 is 0 Å². The van der Waals surface area contributed by atoms with Crippen LogP contribution in [0.3, 0.4) is 0 Å². The highest BCUT2D eigenvalue weighted by atomic mass is 16.1. The first kappa shape index (κ1) is 13.1. The first-order valence-electron chi connectivity index (χ1n) is 6.67. The molecule has 0 radical (unpaired) electrons. The molecular weight excluding hydrogens is 224 g/mol. The maximum absolute atomic E-state index is 12.1. The van der Waals surface area contributed by atoms with Crippen molar-refractivity contribution in [2.45, 2.75) is 26.3 Å². The standard InChI is InChI=1S/C15H22N2O/c1-12-5-3-6-13(9-12)10-16-15(18)14-7-4-8-17(2)11-14/h3,5-6,9,14H,4,7-8,10-11H2,1-2H3,(H,16,18). The summed E-state index contributed by atoms with van der Waals surface area (Å²) >= 11 is 0. The second-order valence-corrected chi connectivity index (χ2v) is 5.31. The molecule has 0 spiro atoms. The van der Waals surface area contributed by atoms with E-state index in [2.05, 4.69) is 42.4 Å². The predicted octanol–water partition coefficient (Wildman–Crippen LogP) is 1.95. The number of carbonyl (C=O) groups excluding carboxylic acids is 1. The highest BCUT2D eigenvalue weighted by Gasteiger charge is 2.23. The molecule has 1 aliphatic rings. The van der Waals surface area contributed by atoms with Crippen molar-refractivity contribution in [2.24, 2.45) is 5.92 Å². The zero-order valence-corrected chi connectivity index (χ0v) is 11.3. The van der Waals surface area contributed by atoms with Gasteiger partial charge >= 0.3 is 0 Å². The van der Waals surface area contributed by atoms with Gasteiger partial charge < -0.3 is 10.2 Å². The number of hydrogen-bond donors (Lipinski definition) is 1. The normalized spacial score (nSPS) is 20.7. The molecule has 1 aromatic carbocycles. The molecule has 1 aliphatic heterocycles. The smallest absolute Gasteiger partial charge is 0.224 e. The van der Waals surface area contributed by atoms with Crippen molar-refractivity contribution in [3.8, 4) is 0 Å². The van der Waals surface area contributed by atoms with Gasteiger partial charge in [-0.2, -0.15) is 0 Å². The lowest BCUT2D eigenvalue weighted by molar-refractivity contribution is -0.126. The number of benzene rings is 1. The Bertz CT molecular complexity index is 417. The van der Waals surface area contributed by atoms with Gasteiger partial charge in [-0.15, -0.1) is 0 Å². The highest BCUT2D eigenvalue weighted by Crippen LogP contribution is 2.15. The number of amides is 1. The van der Waals surface area contributed by atoms with Crippen molar-refractivity contribution in [3.63, 3.8) is 0 Å². The van der Waals surface area contributed by atoms with Gasteiger partial charge in [0, 0.05) is 13.1 Å². The average molecular weight is 246 g/mol. The molecule has 1 saturated heterocycles. The van der Waals surface area contributed by atoms with Crippen LogP contribution in [0.15, 0.2) is 24.3 Å². The maximum Gasteiger partial charge on any atom is 0.224 e. The minimum Gasteiger partial charge on any atom is -0.352 e. The lowest BCUT2D eigenvalue weighted by Crippen LogP contribution is -2.41. The third kappa shape index (κ3) is 3.57. The molecule has 1 N–H and O–H groups in total. The third-order valence-corrected chi connectivity index (χ3v) is 3.54. The minimum absolute atomic E-state index is 0.161. The minimum atomic E-state index is 0.161. The zero-order valence-electron chi connectivity index (χ0n) is 11.3. The lowest BCUT2D eigenvalue weighted by atomic mass is 9.97. The molecule has 0 aromatic heterocycles. The first-order chi connectivity index (χ1) is 8.65. The molecule has 1 unspecified atom stereocenters. The predicted molar refractivity (Wildman–Crippen MR) is 73.2 cm³/mol.